The lowest BCUT2D eigenvalue weighted by molar-refractivity contribution is -0.154. The Bertz CT molecular complexity index is 675. The summed E-state index contributed by atoms with van der Waals surface area (Å²) >= 11 is 0. The van der Waals surface area contributed by atoms with Crippen molar-refractivity contribution in [2.24, 2.45) is 5.92 Å². The summed E-state index contributed by atoms with van der Waals surface area (Å²) in [6.07, 6.45) is 1.38. The van der Waals surface area contributed by atoms with E-state index in [1.165, 1.54) is 31.1 Å². The number of carbonyl (C=O) groups excluding carboxylic acids is 2. The summed E-state index contributed by atoms with van der Waals surface area (Å²) < 4.78 is 18.8. The molecule has 1 N–H and O–H groups in total. The zero-order valence-corrected chi connectivity index (χ0v) is 14.3. The van der Waals surface area contributed by atoms with Crippen LogP contribution in [0.5, 0.6) is 5.75 Å². The van der Waals surface area contributed by atoms with Crippen LogP contribution in [0.2, 0.25) is 0 Å². The highest BCUT2D eigenvalue weighted by atomic mass is 19.1. The second-order valence-electron chi connectivity index (χ2n) is 6.29. The van der Waals surface area contributed by atoms with Crippen molar-refractivity contribution < 1.29 is 28.6 Å². The summed E-state index contributed by atoms with van der Waals surface area (Å²) in [6.45, 7) is 1.93. The maximum Gasteiger partial charge on any atom is 0.305 e. The van der Waals surface area contributed by atoms with Gasteiger partial charge in [-0.05, 0) is 37.5 Å². The second-order valence-corrected chi connectivity index (χ2v) is 6.29. The van der Waals surface area contributed by atoms with Gasteiger partial charge >= 0.3 is 5.97 Å². The Labute approximate surface area is 145 Å². The summed E-state index contributed by atoms with van der Waals surface area (Å²) in [6, 6.07) is 3.50. The van der Waals surface area contributed by atoms with Gasteiger partial charge < -0.3 is 19.5 Å². The smallest absolute Gasteiger partial charge is 0.305 e. The summed E-state index contributed by atoms with van der Waals surface area (Å²) in [5.41, 5.74) is 0.427. The highest BCUT2D eigenvalue weighted by Gasteiger charge is 2.41. The number of methoxy groups -OCH3 is 1. The topological polar surface area (TPSA) is 83.9 Å². The average molecular weight is 351 g/mol. The number of rotatable bonds is 9. The minimum absolute atomic E-state index is 0.0647. The molecule has 0 aliphatic carbocycles. The summed E-state index contributed by atoms with van der Waals surface area (Å²) in [7, 11) is 1.34. The molecule has 1 amide bonds. The highest BCUT2D eigenvalue weighted by molar-refractivity contribution is 5.86. The molecule has 1 saturated heterocycles. The van der Waals surface area contributed by atoms with Crippen LogP contribution in [0.4, 0.5) is 4.39 Å². The van der Waals surface area contributed by atoms with Gasteiger partial charge in [-0.3, -0.25) is 9.59 Å². The average Bonchev–Trinajstić information content (AvgIpc) is 2.55. The maximum absolute atomic E-state index is 13.9. The molecule has 2 atom stereocenters. The Kier molecular flexibility index (Phi) is 6.12. The number of nitrogens with zero attached hydrogens (tertiary/aromatic N) is 1. The van der Waals surface area contributed by atoms with Crippen molar-refractivity contribution in [3.63, 3.8) is 0 Å². The molecule has 6 nitrogen and oxygen atoms in total. The minimum atomic E-state index is -1.06. The number of hydrogen-bond acceptors (Lipinski definition) is 4. The van der Waals surface area contributed by atoms with E-state index in [4.69, 9.17) is 9.84 Å². The molecule has 0 aromatic heterocycles. The van der Waals surface area contributed by atoms with E-state index in [0.29, 0.717) is 31.4 Å². The van der Waals surface area contributed by atoms with Gasteiger partial charge in [0, 0.05) is 13.0 Å². The van der Waals surface area contributed by atoms with Gasteiger partial charge in [0.2, 0.25) is 5.91 Å². The molecule has 1 aromatic carbocycles. The fourth-order valence-electron chi connectivity index (χ4n) is 3.08. The molecule has 0 bridgehead atoms. The molecule has 2 rings (SSSR count). The van der Waals surface area contributed by atoms with Crippen LogP contribution in [-0.2, 0) is 14.4 Å². The second kappa shape index (κ2) is 8.09. The lowest BCUT2D eigenvalue weighted by Gasteiger charge is -2.43. The molecule has 1 heterocycles. The van der Waals surface area contributed by atoms with Crippen molar-refractivity contribution in [1.29, 1.82) is 0 Å². The lowest BCUT2D eigenvalue weighted by Crippen LogP contribution is -2.54. The molecule has 1 aromatic rings. The standard InChI is InChI=1S/C18H22FNO5/c1-11(21)4-3-5-13-10-20(18(13)24)15(9-17(22)23)12-6-7-16(25-2)14(19)8-12/h6-8,13,15H,3-5,9-10H2,1-2H3,(H,22,23). The quantitative estimate of drug-likeness (QED) is 0.691. The monoisotopic (exact) mass is 351 g/mol. The van der Waals surface area contributed by atoms with E-state index in [0.717, 1.165) is 0 Å². The Balaban J connectivity index is 2.09. The lowest BCUT2D eigenvalue weighted by atomic mass is 9.88. The number of hydrogen-bond donors (Lipinski definition) is 1. The van der Waals surface area contributed by atoms with Gasteiger partial charge in [0.05, 0.1) is 25.5 Å². The first-order chi connectivity index (χ1) is 11.8. The molecule has 136 valence electrons. The first kappa shape index (κ1) is 18.9. The molecule has 1 fully saturated rings. The van der Waals surface area contributed by atoms with Gasteiger partial charge in [0.1, 0.15) is 5.78 Å². The number of carbonyl (C=O) groups is 3. The van der Waals surface area contributed by atoms with E-state index in [1.807, 2.05) is 0 Å². The minimum Gasteiger partial charge on any atom is -0.494 e. The van der Waals surface area contributed by atoms with Crippen LogP contribution in [0.15, 0.2) is 18.2 Å². The molecule has 25 heavy (non-hydrogen) atoms. The molecule has 1 aliphatic rings. The number of β-lactam (4-membered cyclic amide) rings is 1. The van der Waals surface area contributed by atoms with Crippen molar-refractivity contribution in [3.05, 3.63) is 29.6 Å². The highest BCUT2D eigenvalue weighted by Crippen LogP contribution is 2.35. The van der Waals surface area contributed by atoms with Crippen LogP contribution < -0.4 is 4.74 Å². The first-order valence-corrected chi connectivity index (χ1v) is 8.18. The zero-order chi connectivity index (χ0) is 18.6. The van der Waals surface area contributed by atoms with E-state index in [9.17, 15) is 18.8 Å². The predicted molar refractivity (Wildman–Crippen MR) is 87.7 cm³/mol. The van der Waals surface area contributed by atoms with Gasteiger partial charge in [-0.2, -0.15) is 0 Å². The third-order valence-electron chi connectivity index (χ3n) is 4.44. The summed E-state index contributed by atoms with van der Waals surface area (Å²) in [4.78, 5) is 36.0. The van der Waals surface area contributed by atoms with Crippen molar-refractivity contribution in [3.8, 4) is 5.75 Å². The number of Topliss-reactive ketones (excluding diaryl/α,β-unsaturated/α-hetero) is 1. The number of ether oxygens (including phenoxy) is 1. The van der Waals surface area contributed by atoms with Crippen LogP contribution in [-0.4, -0.2) is 41.3 Å². The number of benzene rings is 1. The van der Waals surface area contributed by atoms with Crippen LogP contribution in [0.1, 0.15) is 44.2 Å². The van der Waals surface area contributed by atoms with Crippen LogP contribution in [0.25, 0.3) is 0 Å². The van der Waals surface area contributed by atoms with Gasteiger partial charge in [-0.15, -0.1) is 0 Å². The molecule has 2 unspecified atom stereocenters. The van der Waals surface area contributed by atoms with Crippen LogP contribution in [0.3, 0.4) is 0 Å². The number of ketones is 1. The van der Waals surface area contributed by atoms with E-state index in [-0.39, 0.29) is 29.8 Å². The molecule has 0 saturated carbocycles. The van der Waals surface area contributed by atoms with Crippen LogP contribution >= 0.6 is 0 Å². The van der Waals surface area contributed by atoms with Crippen molar-refractivity contribution in [2.45, 2.75) is 38.6 Å². The van der Waals surface area contributed by atoms with Gasteiger partial charge in [0.25, 0.3) is 0 Å². The molecule has 0 radical (unpaired) electrons. The molecule has 7 heteroatoms. The number of halogens is 1. The normalized spacial score (nSPS) is 17.8. The van der Waals surface area contributed by atoms with Gasteiger partial charge in [-0.1, -0.05) is 6.07 Å². The Morgan fingerprint density at radius 2 is 2.16 bits per heavy atom. The van der Waals surface area contributed by atoms with Crippen molar-refractivity contribution in [2.75, 3.05) is 13.7 Å². The number of carboxylic acid groups (broad SMARTS) is 1. The molecule has 0 spiro atoms. The van der Waals surface area contributed by atoms with Gasteiger partial charge in [-0.25, -0.2) is 4.39 Å². The van der Waals surface area contributed by atoms with Crippen molar-refractivity contribution >= 4 is 17.7 Å². The number of amides is 1. The molecular weight excluding hydrogens is 329 g/mol. The van der Waals surface area contributed by atoms with Crippen LogP contribution in [0, 0.1) is 11.7 Å². The predicted octanol–water partition coefficient (Wildman–Crippen LogP) is 2.57. The largest absolute Gasteiger partial charge is 0.494 e. The van der Waals surface area contributed by atoms with Gasteiger partial charge in [0.15, 0.2) is 11.6 Å². The summed E-state index contributed by atoms with van der Waals surface area (Å²) in [5.74, 6) is -1.85. The number of carboxylic acids is 1. The first-order valence-electron chi connectivity index (χ1n) is 8.18. The van der Waals surface area contributed by atoms with E-state index in [2.05, 4.69) is 0 Å². The van der Waals surface area contributed by atoms with E-state index >= 15 is 0 Å². The fraction of sp³-hybridized carbons (Fsp3) is 0.500. The Hall–Kier alpha value is -2.44. The van der Waals surface area contributed by atoms with Crippen molar-refractivity contribution in [1.82, 2.24) is 4.90 Å². The molecular formula is C18H22FNO5. The fourth-order valence-corrected chi connectivity index (χ4v) is 3.08. The number of aliphatic carboxylic acids is 1. The zero-order valence-electron chi connectivity index (χ0n) is 14.3. The maximum atomic E-state index is 13.9. The Morgan fingerprint density at radius 1 is 1.44 bits per heavy atom. The Morgan fingerprint density at radius 3 is 2.68 bits per heavy atom. The third-order valence-corrected chi connectivity index (χ3v) is 4.44. The summed E-state index contributed by atoms with van der Waals surface area (Å²) in [5, 5.41) is 9.14. The van der Waals surface area contributed by atoms with E-state index in [1.54, 1.807) is 6.07 Å². The van der Waals surface area contributed by atoms with E-state index < -0.39 is 17.8 Å². The number of likely N-dealkylation sites (tertiary alicyclic amines) is 1. The molecule has 1 aliphatic heterocycles. The SMILES string of the molecule is COc1ccc(C(CC(=O)O)N2CC(CCCC(C)=O)C2=O)cc1F. The third kappa shape index (κ3) is 4.55.